The van der Waals surface area contributed by atoms with Gasteiger partial charge >= 0.3 is 0 Å². The normalized spacial score (nSPS) is 11.1. The number of rotatable bonds is 4. The molecule has 0 radical (unpaired) electrons. The van der Waals surface area contributed by atoms with Crippen molar-refractivity contribution in [1.29, 1.82) is 0 Å². The molecule has 4 rings (SSSR count). The van der Waals surface area contributed by atoms with Crippen molar-refractivity contribution in [3.05, 3.63) is 58.7 Å². The van der Waals surface area contributed by atoms with Crippen LogP contribution in [0.15, 0.2) is 42.2 Å². The third-order valence-corrected chi connectivity index (χ3v) is 4.48. The molecule has 0 aliphatic carbocycles. The fourth-order valence-corrected chi connectivity index (χ4v) is 3.11. The SMILES string of the molecule is Cc1csc(CNc2ncnc3c2cnn3-c2ccc(F)cc2)n1. The first kappa shape index (κ1) is 14.7. The van der Waals surface area contributed by atoms with Crippen LogP contribution in [-0.4, -0.2) is 24.7 Å². The number of hydrogen-bond acceptors (Lipinski definition) is 6. The first-order valence-corrected chi connectivity index (χ1v) is 8.18. The smallest absolute Gasteiger partial charge is 0.168 e. The van der Waals surface area contributed by atoms with Gasteiger partial charge in [0.1, 0.15) is 23.0 Å². The molecule has 0 saturated heterocycles. The minimum absolute atomic E-state index is 0.286. The molecule has 0 amide bonds. The van der Waals surface area contributed by atoms with Crippen molar-refractivity contribution in [2.75, 3.05) is 5.32 Å². The molecule has 0 aliphatic rings. The Labute approximate surface area is 141 Å². The summed E-state index contributed by atoms with van der Waals surface area (Å²) in [6, 6.07) is 6.12. The van der Waals surface area contributed by atoms with Gasteiger partial charge in [0.05, 0.1) is 23.8 Å². The predicted octanol–water partition coefficient (Wildman–Crippen LogP) is 3.33. The van der Waals surface area contributed by atoms with E-state index >= 15 is 0 Å². The number of fused-ring (bicyclic) bond motifs is 1. The molecule has 0 aliphatic heterocycles. The van der Waals surface area contributed by atoms with E-state index in [0.29, 0.717) is 18.0 Å². The van der Waals surface area contributed by atoms with Gasteiger partial charge in [0.15, 0.2) is 5.65 Å². The number of aryl methyl sites for hydroxylation is 1. The van der Waals surface area contributed by atoms with Crippen molar-refractivity contribution in [3.8, 4) is 5.69 Å². The lowest BCUT2D eigenvalue weighted by Crippen LogP contribution is -2.03. The fraction of sp³-hybridized carbons (Fsp3) is 0.125. The zero-order valence-electron chi connectivity index (χ0n) is 12.8. The number of nitrogens with zero attached hydrogens (tertiary/aromatic N) is 5. The van der Waals surface area contributed by atoms with E-state index in [9.17, 15) is 4.39 Å². The molecule has 120 valence electrons. The van der Waals surface area contributed by atoms with E-state index in [-0.39, 0.29) is 5.82 Å². The molecule has 3 heterocycles. The average Bonchev–Trinajstić information content (AvgIpc) is 3.20. The molecular formula is C16H13FN6S. The Morgan fingerprint density at radius 1 is 1.21 bits per heavy atom. The molecule has 0 unspecified atom stereocenters. The summed E-state index contributed by atoms with van der Waals surface area (Å²) < 4.78 is 14.8. The first-order chi connectivity index (χ1) is 11.7. The maximum atomic E-state index is 13.1. The monoisotopic (exact) mass is 340 g/mol. The number of halogens is 1. The molecule has 8 heteroatoms. The van der Waals surface area contributed by atoms with Gasteiger partial charge in [0, 0.05) is 11.1 Å². The first-order valence-electron chi connectivity index (χ1n) is 7.30. The van der Waals surface area contributed by atoms with Crippen LogP contribution in [-0.2, 0) is 6.54 Å². The van der Waals surface area contributed by atoms with Gasteiger partial charge in [0.25, 0.3) is 0 Å². The highest BCUT2D eigenvalue weighted by Gasteiger charge is 2.11. The van der Waals surface area contributed by atoms with E-state index in [0.717, 1.165) is 21.8 Å². The lowest BCUT2D eigenvalue weighted by Gasteiger charge is -2.05. The van der Waals surface area contributed by atoms with Crippen molar-refractivity contribution in [1.82, 2.24) is 24.7 Å². The molecule has 6 nitrogen and oxygen atoms in total. The lowest BCUT2D eigenvalue weighted by atomic mass is 10.3. The van der Waals surface area contributed by atoms with Crippen molar-refractivity contribution in [3.63, 3.8) is 0 Å². The summed E-state index contributed by atoms with van der Waals surface area (Å²) >= 11 is 1.60. The number of thiazole rings is 1. The van der Waals surface area contributed by atoms with Crippen LogP contribution >= 0.6 is 11.3 Å². The Bertz CT molecular complexity index is 991. The van der Waals surface area contributed by atoms with Gasteiger partial charge in [-0.3, -0.25) is 0 Å². The van der Waals surface area contributed by atoms with Crippen LogP contribution in [0.3, 0.4) is 0 Å². The van der Waals surface area contributed by atoms with Crippen LogP contribution in [0, 0.1) is 12.7 Å². The van der Waals surface area contributed by atoms with Gasteiger partial charge in [-0.2, -0.15) is 5.10 Å². The second-order valence-corrected chi connectivity index (χ2v) is 6.17. The summed E-state index contributed by atoms with van der Waals surface area (Å²) in [5.74, 6) is 0.409. The second kappa shape index (κ2) is 5.97. The highest BCUT2D eigenvalue weighted by Crippen LogP contribution is 2.22. The molecule has 0 spiro atoms. The van der Waals surface area contributed by atoms with Crippen LogP contribution in [0.2, 0.25) is 0 Å². The van der Waals surface area contributed by atoms with E-state index < -0.39 is 0 Å². The Balaban J connectivity index is 1.67. The minimum Gasteiger partial charge on any atom is -0.363 e. The zero-order valence-corrected chi connectivity index (χ0v) is 13.6. The van der Waals surface area contributed by atoms with Gasteiger partial charge in [0.2, 0.25) is 0 Å². The molecule has 3 aromatic heterocycles. The van der Waals surface area contributed by atoms with Gasteiger partial charge < -0.3 is 5.32 Å². The number of aromatic nitrogens is 5. The third-order valence-electron chi connectivity index (χ3n) is 3.51. The molecule has 1 aromatic carbocycles. The Morgan fingerprint density at radius 3 is 2.79 bits per heavy atom. The molecule has 0 saturated carbocycles. The van der Waals surface area contributed by atoms with E-state index in [1.807, 2.05) is 12.3 Å². The van der Waals surface area contributed by atoms with Crippen molar-refractivity contribution in [2.24, 2.45) is 0 Å². The van der Waals surface area contributed by atoms with E-state index in [1.54, 1.807) is 34.3 Å². The molecular weight excluding hydrogens is 327 g/mol. The maximum absolute atomic E-state index is 13.1. The summed E-state index contributed by atoms with van der Waals surface area (Å²) in [6.07, 6.45) is 3.19. The van der Waals surface area contributed by atoms with Gasteiger partial charge in [-0.25, -0.2) is 24.0 Å². The van der Waals surface area contributed by atoms with Gasteiger partial charge in [-0.05, 0) is 31.2 Å². The van der Waals surface area contributed by atoms with Crippen molar-refractivity contribution < 1.29 is 4.39 Å². The van der Waals surface area contributed by atoms with Crippen molar-refractivity contribution in [2.45, 2.75) is 13.5 Å². The molecule has 1 N–H and O–H groups in total. The minimum atomic E-state index is -0.286. The standard InChI is InChI=1S/C16H13FN6S/c1-10-8-24-14(22-10)7-18-15-13-6-21-23(16(13)20-9-19-15)12-4-2-11(17)3-5-12/h2-6,8-9H,7H2,1H3,(H,18,19,20). The van der Waals surface area contributed by atoms with E-state index in [4.69, 9.17) is 0 Å². The van der Waals surface area contributed by atoms with Crippen LogP contribution in [0.25, 0.3) is 16.7 Å². The van der Waals surface area contributed by atoms with Crippen LogP contribution in [0.1, 0.15) is 10.7 Å². The zero-order chi connectivity index (χ0) is 16.5. The molecule has 24 heavy (non-hydrogen) atoms. The number of hydrogen-bond donors (Lipinski definition) is 1. The highest BCUT2D eigenvalue weighted by molar-refractivity contribution is 7.09. The summed E-state index contributed by atoms with van der Waals surface area (Å²) in [5, 5.41) is 11.4. The van der Waals surface area contributed by atoms with Crippen molar-refractivity contribution >= 4 is 28.2 Å². The Morgan fingerprint density at radius 2 is 2.04 bits per heavy atom. The van der Waals surface area contributed by atoms with Gasteiger partial charge in [-0.1, -0.05) is 0 Å². The quantitative estimate of drug-likeness (QED) is 0.617. The highest BCUT2D eigenvalue weighted by atomic mass is 32.1. The molecule has 4 aromatic rings. The Kier molecular flexibility index (Phi) is 3.66. The van der Waals surface area contributed by atoms with Crippen LogP contribution in [0.4, 0.5) is 10.2 Å². The molecule has 0 atom stereocenters. The predicted molar refractivity (Wildman–Crippen MR) is 90.8 cm³/mol. The maximum Gasteiger partial charge on any atom is 0.168 e. The van der Waals surface area contributed by atoms with E-state index in [2.05, 4.69) is 25.4 Å². The summed E-state index contributed by atoms with van der Waals surface area (Å²) in [7, 11) is 0. The Hall–Kier alpha value is -2.87. The second-order valence-electron chi connectivity index (χ2n) is 5.23. The topological polar surface area (TPSA) is 68.5 Å². The molecule has 0 fully saturated rings. The summed E-state index contributed by atoms with van der Waals surface area (Å²) in [6.45, 7) is 2.56. The van der Waals surface area contributed by atoms with Crippen LogP contribution in [0.5, 0.6) is 0 Å². The fourth-order valence-electron chi connectivity index (χ4n) is 2.40. The largest absolute Gasteiger partial charge is 0.363 e. The molecule has 0 bridgehead atoms. The number of anilines is 1. The summed E-state index contributed by atoms with van der Waals surface area (Å²) in [5.41, 5.74) is 2.41. The number of nitrogens with one attached hydrogen (secondary N) is 1. The number of benzene rings is 1. The lowest BCUT2D eigenvalue weighted by molar-refractivity contribution is 0.627. The van der Waals surface area contributed by atoms with Gasteiger partial charge in [-0.15, -0.1) is 11.3 Å². The summed E-state index contributed by atoms with van der Waals surface area (Å²) in [4.78, 5) is 13.0. The van der Waals surface area contributed by atoms with E-state index in [1.165, 1.54) is 18.5 Å². The third kappa shape index (κ3) is 2.71. The van der Waals surface area contributed by atoms with Crippen LogP contribution < -0.4 is 5.32 Å². The average molecular weight is 340 g/mol.